The van der Waals surface area contributed by atoms with Crippen molar-refractivity contribution in [2.75, 3.05) is 6.54 Å². The number of nitrogens with one attached hydrogen (secondary N) is 1. The number of aryl methyl sites for hydroxylation is 2. The fourth-order valence-corrected chi connectivity index (χ4v) is 2.25. The van der Waals surface area contributed by atoms with Crippen molar-refractivity contribution in [3.63, 3.8) is 0 Å². The Morgan fingerprint density at radius 3 is 2.86 bits per heavy atom. The summed E-state index contributed by atoms with van der Waals surface area (Å²) in [5, 5.41) is 3.57. The van der Waals surface area contributed by atoms with Crippen LogP contribution in [0.15, 0.2) is 42.7 Å². The van der Waals surface area contributed by atoms with E-state index in [2.05, 4.69) is 21.8 Å². The number of imidazole rings is 1. The molecule has 0 atom stereocenters. The predicted molar refractivity (Wildman–Crippen MR) is 89.7 cm³/mol. The first-order valence-electron chi connectivity index (χ1n) is 7.40. The maximum Gasteiger partial charge on any atom is 0.244 e. The van der Waals surface area contributed by atoms with Gasteiger partial charge in [-0.3, -0.25) is 4.79 Å². The summed E-state index contributed by atoms with van der Waals surface area (Å²) in [6.45, 7) is 3.59. The first-order valence-corrected chi connectivity index (χ1v) is 7.78. The van der Waals surface area contributed by atoms with E-state index < -0.39 is 0 Å². The Morgan fingerprint density at radius 1 is 1.36 bits per heavy atom. The predicted octanol–water partition coefficient (Wildman–Crippen LogP) is 3.32. The Labute approximate surface area is 135 Å². The normalized spacial score (nSPS) is 11.0. The number of hydrogen-bond donors (Lipinski definition) is 1. The minimum atomic E-state index is -0.0868. The Bertz CT molecular complexity index is 632. The first kappa shape index (κ1) is 16.3. The van der Waals surface area contributed by atoms with Gasteiger partial charge in [-0.05, 0) is 30.2 Å². The van der Waals surface area contributed by atoms with E-state index in [9.17, 15) is 4.79 Å². The molecule has 2 rings (SSSR count). The van der Waals surface area contributed by atoms with Gasteiger partial charge in [0, 0.05) is 43.0 Å². The largest absolute Gasteiger partial charge is 0.352 e. The molecule has 0 aliphatic heterocycles. The lowest BCUT2D eigenvalue weighted by Gasteiger charge is -2.06. The van der Waals surface area contributed by atoms with Gasteiger partial charge in [-0.15, -0.1) is 0 Å². The third-order valence-corrected chi connectivity index (χ3v) is 3.54. The van der Waals surface area contributed by atoms with Crippen LogP contribution in [0, 0.1) is 0 Å². The third-order valence-electron chi connectivity index (χ3n) is 3.29. The van der Waals surface area contributed by atoms with E-state index in [4.69, 9.17) is 11.6 Å². The van der Waals surface area contributed by atoms with Gasteiger partial charge in [-0.2, -0.15) is 0 Å². The molecule has 1 heterocycles. The van der Waals surface area contributed by atoms with Gasteiger partial charge in [0.2, 0.25) is 5.91 Å². The van der Waals surface area contributed by atoms with Crippen LogP contribution in [0.1, 0.15) is 24.7 Å². The second kappa shape index (κ2) is 8.39. The molecule has 1 amide bonds. The maximum atomic E-state index is 11.7. The van der Waals surface area contributed by atoms with E-state index in [1.807, 2.05) is 24.5 Å². The third kappa shape index (κ3) is 5.04. The van der Waals surface area contributed by atoms with Gasteiger partial charge < -0.3 is 9.88 Å². The van der Waals surface area contributed by atoms with Crippen LogP contribution in [0.2, 0.25) is 5.02 Å². The molecule has 0 spiro atoms. The van der Waals surface area contributed by atoms with Crippen molar-refractivity contribution in [2.24, 2.45) is 0 Å². The highest BCUT2D eigenvalue weighted by Crippen LogP contribution is 2.10. The molecule has 2 aromatic rings. The molecule has 116 valence electrons. The summed E-state index contributed by atoms with van der Waals surface area (Å²) >= 11 is 5.81. The molecule has 0 bridgehead atoms. The topological polar surface area (TPSA) is 46.9 Å². The molecule has 1 aromatic carbocycles. The lowest BCUT2D eigenvalue weighted by molar-refractivity contribution is -0.116. The lowest BCUT2D eigenvalue weighted by atomic mass is 10.2. The van der Waals surface area contributed by atoms with Crippen molar-refractivity contribution in [3.05, 3.63) is 59.1 Å². The van der Waals surface area contributed by atoms with Crippen LogP contribution >= 0.6 is 11.6 Å². The molecular formula is C17H20ClN3O. The number of amides is 1. The van der Waals surface area contributed by atoms with E-state index in [0.29, 0.717) is 11.6 Å². The van der Waals surface area contributed by atoms with E-state index in [-0.39, 0.29) is 5.91 Å². The zero-order chi connectivity index (χ0) is 15.8. The van der Waals surface area contributed by atoms with Crippen LogP contribution in [0.5, 0.6) is 0 Å². The molecule has 0 unspecified atom stereocenters. The van der Waals surface area contributed by atoms with Crippen molar-refractivity contribution in [2.45, 2.75) is 26.3 Å². The van der Waals surface area contributed by atoms with Crippen molar-refractivity contribution in [3.8, 4) is 0 Å². The Hall–Kier alpha value is -2.07. The van der Waals surface area contributed by atoms with Crippen LogP contribution in [0.25, 0.3) is 6.08 Å². The van der Waals surface area contributed by atoms with Crippen molar-refractivity contribution < 1.29 is 4.79 Å². The zero-order valence-corrected chi connectivity index (χ0v) is 13.4. The number of halogens is 1. The van der Waals surface area contributed by atoms with Gasteiger partial charge in [-0.1, -0.05) is 30.7 Å². The summed E-state index contributed by atoms with van der Waals surface area (Å²) in [6, 6.07) is 7.35. The second-order valence-electron chi connectivity index (χ2n) is 4.92. The maximum absolute atomic E-state index is 11.7. The van der Waals surface area contributed by atoms with Crippen molar-refractivity contribution >= 4 is 23.6 Å². The molecule has 0 fully saturated rings. The number of carbonyl (C=O) groups excluding carboxylic acids is 1. The van der Waals surface area contributed by atoms with Crippen LogP contribution in [0.3, 0.4) is 0 Å². The average molecular weight is 318 g/mol. The average Bonchev–Trinajstić information content (AvgIpc) is 2.98. The molecule has 0 saturated heterocycles. The SMILES string of the molecule is CCc1nccn1CCCNC(=O)/C=C/c1ccc(Cl)cc1. The Balaban J connectivity index is 1.70. The molecule has 0 aliphatic carbocycles. The number of aromatic nitrogens is 2. The standard InChI is InChI=1S/C17H20ClN3O/c1-2-16-19-11-13-21(16)12-3-10-20-17(22)9-6-14-4-7-15(18)8-5-14/h4-9,11,13H,2-3,10,12H2,1H3,(H,20,22)/b9-6+. The lowest BCUT2D eigenvalue weighted by Crippen LogP contribution is -2.23. The molecule has 1 aromatic heterocycles. The molecule has 0 radical (unpaired) electrons. The fourth-order valence-electron chi connectivity index (χ4n) is 2.12. The van der Waals surface area contributed by atoms with Crippen molar-refractivity contribution in [1.29, 1.82) is 0 Å². The van der Waals surface area contributed by atoms with Gasteiger partial charge >= 0.3 is 0 Å². The Kier molecular flexibility index (Phi) is 6.22. The number of benzene rings is 1. The summed E-state index contributed by atoms with van der Waals surface area (Å²) in [6.07, 6.45) is 8.90. The molecule has 0 saturated carbocycles. The summed E-state index contributed by atoms with van der Waals surface area (Å²) in [7, 11) is 0. The van der Waals surface area contributed by atoms with Crippen LogP contribution in [-0.2, 0) is 17.8 Å². The minimum Gasteiger partial charge on any atom is -0.352 e. The number of rotatable bonds is 7. The van der Waals surface area contributed by atoms with Crippen molar-refractivity contribution in [1.82, 2.24) is 14.9 Å². The molecular weight excluding hydrogens is 298 g/mol. The molecule has 5 heteroatoms. The summed E-state index contributed by atoms with van der Waals surface area (Å²) in [4.78, 5) is 16.0. The van der Waals surface area contributed by atoms with E-state index in [1.165, 1.54) is 6.08 Å². The van der Waals surface area contributed by atoms with Crippen LogP contribution in [-0.4, -0.2) is 22.0 Å². The summed E-state index contributed by atoms with van der Waals surface area (Å²) < 4.78 is 2.12. The van der Waals surface area contributed by atoms with Gasteiger partial charge in [0.25, 0.3) is 0 Å². The molecule has 22 heavy (non-hydrogen) atoms. The smallest absolute Gasteiger partial charge is 0.244 e. The minimum absolute atomic E-state index is 0.0868. The fraction of sp³-hybridized carbons (Fsp3) is 0.294. The van der Waals surface area contributed by atoms with Crippen LogP contribution in [0.4, 0.5) is 0 Å². The highest BCUT2D eigenvalue weighted by atomic mass is 35.5. The zero-order valence-electron chi connectivity index (χ0n) is 12.6. The van der Waals surface area contributed by atoms with Gasteiger partial charge in [-0.25, -0.2) is 4.98 Å². The second-order valence-corrected chi connectivity index (χ2v) is 5.36. The van der Waals surface area contributed by atoms with E-state index in [1.54, 1.807) is 18.2 Å². The molecule has 4 nitrogen and oxygen atoms in total. The van der Waals surface area contributed by atoms with Gasteiger partial charge in [0.15, 0.2) is 0 Å². The van der Waals surface area contributed by atoms with Crippen LogP contribution < -0.4 is 5.32 Å². The quantitative estimate of drug-likeness (QED) is 0.629. The number of hydrogen-bond acceptors (Lipinski definition) is 2. The highest BCUT2D eigenvalue weighted by Gasteiger charge is 2.00. The highest BCUT2D eigenvalue weighted by molar-refractivity contribution is 6.30. The summed E-state index contributed by atoms with van der Waals surface area (Å²) in [5.41, 5.74) is 0.950. The monoisotopic (exact) mass is 317 g/mol. The van der Waals surface area contributed by atoms with Gasteiger partial charge in [0.1, 0.15) is 5.82 Å². The number of nitrogens with zero attached hydrogens (tertiary/aromatic N) is 2. The number of carbonyl (C=O) groups is 1. The van der Waals surface area contributed by atoms with E-state index in [0.717, 1.165) is 30.8 Å². The molecule has 0 aliphatic rings. The van der Waals surface area contributed by atoms with Gasteiger partial charge in [0.05, 0.1) is 0 Å². The first-order chi connectivity index (χ1) is 10.7. The summed E-state index contributed by atoms with van der Waals surface area (Å²) in [5.74, 6) is 0.991. The Morgan fingerprint density at radius 2 is 2.14 bits per heavy atom. The van der Waals surface area contributed by atoms with E-state index >= 15 is 0 Å². The molecule has 1 N–H and O–H groups in total.